The first-order valence-corrected chi connectivity index (χ1v) is 6.63. The zero-order valence-electron chi connectivity index (χ0n) is 9.34. The summed E-state index contributed by atoms with van der Waals surface area (Å²) in [6, 6.07) is 2.30. The molecule has 90 valence electrons. The lowest BCUT2D eigenvalue weighted by atomic mass is 10.0. The average Bonchev–Trinajstić information content (AvgIpc) is 3.04. The number of aromatic nitrogens is 1. The Labute approximate surface area is 108 Å². The number of carbonyl (C=O) groups is 1. The number of amides is 1. The minimum absolute atomic E-state index is 0.000000000000000222. The van der Waals surface area contributed by atoms with E-state index in [4.69, 9.17) is 5.73 Å². The summed E-state index contributed by atoms with van der Waals surface area (Å²) in [5.74, 6) is 0.185. The van der Waals surface area contributed by atoms with Gasteiger partial charge in [-0.3, -0.25) is 9.78 Å². The highest BCUT2D eigenvalue weighted by atomic mass is 79.9. The smallest absolute Gasteiger partial charge is 0.225 e. The Morgan fingerprint density at radius 2 is 2.18 bits per heavy atom. The first-order chi connectivity index (χ1) is 8.16. The van der Waals surface area contributed by atoms with Gasteiger partial charge < -0.3 is 10.6 Å². The topological polar surface area (TPSA) is 59.2 Å². The van der Waals surface area contributed by atoms with E-state index in [-0.39, 0.29) is 18.0 Å². The monoisotopic (exact) mass is 295 g/mol. The SMILES string of the molecule is NC1CC(=O)N(C2CC2)C1c1cncc(Br)c1. The van der Waals surface area contributed by atoms with Crippen LogP contribution in [0.2, 0.25) is 0 Å². The third kappa shape index (κ3) is 1.98. The summed E-state index contributed by atoms with van der Waals surface area (Å²) in [4.78, 5) is 18.1. The van der Waals surface area contributed by atoms with E-state index in [2.05, 4.69) is 20.9 Å². The Morgan fingerprint density at radius 1 is 1.41 bits per heavy atom. The minimum Gasteiger partial charge on any atom is -0.331 e. The fourth-order valence-corrected chi connectivity index (χ4v) is 2.94. The Kier molecular flexibility index (Phi) is 2.67. The van der Waals surface area contributed by atoms with Crippen LogP contribution in [-0.4, -0.2) is 27.9 Å². The van der Waals surface area contributed by atoms with Gasteiger partial charge >= 0.3 is 0 Å². The van der Waals surface area contributed by atoms with Crippen LogP contribution in [0.15, 0.2) is 22.9 Å². The third-order valence-corrected chi connectivity index (χ3v) is 3.85. The number of hydrogen-bond donors (Lipinski definition) is 1. The van der Waals surface area contributed by atoms with Crippen LogP contribution in [0.4, 0.5) is 0 Å². The molecule has 2 N–H and O–H groups in total. The van der Waals surface area contributed by atoms with Gasteiger partial charge in [0.05, 0.1) is 6.04 Å². The summed E-state index contributed by atoms with van der Waals surface area (Å²) in [5.41, 5.74) is 7.13. The summed E-state index contributed by atoms with van der Waals surface area (Å²) >= 11 is 3.41. The van der Waals surface area contributed by atoms with Crippen molar-refractivity contribution in [3.8, 4) is 0 Å². The van der Waals surface area contributed by atoms with E-state index in [1.807, 2.05) is 17.2 Å². The predicted molar refractivity (Wildman–Crippen MR) is 67.1 cm³/mol. The molecule has 2 heterocycles. The van der Waals surface area contributed by atoms with Crippen molar-refractivity contribution in [2.24, 2.45) is 5.73 Å². The van der Waals surface area contributed by atoms with Crippen molar-refractivity contribution < 1.29 is 4.79 Å². The van der Waals surface area contributed by atoms with Gasteiger partial charge in [0.15, 0.2) is 0 Å². The largest absolute Gasteiger partial charge is 0.331 e. The number of pyridine rings is 1. The fraction of sp³-hybridized carbons (Fsp3) is 0.500. The van der Waals surface area contributed by atoms with Crippen LogP contribution in [0.3, 0.4) is 0 Å². The van der Waals surface area contributed by atoms with Crippen LogP contribution in [-0.2, 0) is 4.79 Å². The molecule has 1 aromatic rings. The molecule has 1 saturated carbocycles. The van der Waals surface area contributed by atoms with Crippen molar-refractivity contribution in [3.05, 3.63) is 28.5 Å². The molecule has 0 aromatic carbocycles. The quantitative estimate of drug-likeness (QED) is 0.902. The average molecular weight is 296 g/mol. The standard InChI is InChI=1S/C12H14BrN3O/c13-8-3-7(5-15-6-8)12-10(14)4-11(17)16(12)9-1-2-9/h3,5-6,9-10,12H,1-2,4,14H2. The molecule has 1 saturated heterocycles. The van der Waals surface area contributed by atoms with Crippen LogP contribution in [0, 0.1) is 0 Å². The predicted octanol–water partition coefficient (Wildman–Crippen LogP) is 1.61. The molecule has 4 nitrogen and oxygen atoms in total. The molecule has 1 amide bonds. The lowest BCUT2D eigenvalue weighted by Crippen LogP contribution is -2.34. The third-order valence-electron chi connectivity index (χ3n) is 3.41. The highest BCUT2D eigenvalue weighted by molar-refractivity contribution is 9.10. The first-order valence-electron chi connectivity index (χ1n) is 5.84. The second-order valence-electron chi connectivity index (χ2n) is 4.78. The molecule has 1 aromatic heterocycles. The number of halogens is 1. The molecule has 17 heavy (non-hydrogen) atoms. The lowest BCUT2D eigenvalue weighted by molar-refractivity contribution is -0.129. The van der Waals surface area contributed by atoms with Crippen molar-refractivity contribution in [1.82, 2.24) is 9.88 Å². The Bertz CT molecular complexity index is 461. The summed E-state index contributed by atoms with van der Waals surface area (Å²) in [6.07, 6.45) is 6.22. The molecule has 2 unspecified atom stereocenters. The zero-order valence-corrected chi connectivity index (χ0v) is 10.9. The number of nitrogens with zero attached hydrogens (tertiary/aromatic N) is 2. The van der Waals surface area contributed by atoms with Gasteiger partial charge in [-0.15, -0.1) is 0 Å². The molecular formula is C12H14BrN3O. The number of hydrogen-bond acceptors (Lipinski definition) is 3. The van der Waals surface area contributed by atoms with Crippen molar-refractivity contribution in [2.75, 3.05) is 0 Å². The Hall–Kier alpha value is -0.940. The number of nitrogens with two attached hydrogens (primary N) is 1. The molecule has 1 aliphatic carbocycles. The van der Waals surface area contributed by atoms with Gasteiger partial charge in [0.2, 0.25) is 5.91 Å². The highest BCUT2D eigenvalue weighted by Gasteiger charge is 2.45. The van der Waals surface area contributed by atoms with Gasteiger partial charge in [-0.1, -0.05) is 0 Å². The molecule has 2 atom stereocenters. The summed E-state index contributed by atoms with van der Waals surface area (Å²) in [6.45, 7) is 0. The second-order valence-corrected chi connectivity index (χ2v) is 5.70. The van der Waals surface area contributed by atoms with E-state index in [9.17, 15) is 4.79 Å². The maximum atomic E-state index is 11.9. The van der Waals surface area contributed by atoms with Crippen LogP contribution >= 0.6 is 15.9 Å². The van der Waals surface area contributed by atoms with E-state index < -0.39 is 0 Å². The maximum absolute atomic E-state index is 11.9. The van der Waals surface area contributed by atoms with Crippen molar-refractivity contribution in [1.29, 1.82) is 0 Å². The van der Waals surface area contributed by atoms with E-state index in [0.29, 0.717) is 12.5 Å². The Balaban J connectivity index is 1.96. The van der Waals surface area contributed by atoms with Gasteiger partial charge in [0, 0.05) is 35.4 Å². The molecule has 0 spiro atoms. The van der Waals surface area contributed by atoms with E-state index in [0.717, 1.165) is 22.9 Å². The van der Waals surface area contributed by atoms with Crippen LogP contribution in [0.5, 0.6) is 0 Å². The van der Waals surface area contributed by atoms with Crippen LogP contribution in [0.25, 0.3) is 0 Å². The van der Waals surface area contributed by atoms with Gasteiger partial charge in [0.25, 0.3) is 0 Å². The maximum Gasteiger partial charge on any atom is 0.225 e. The normalized spacial score (nSPS) is 28.8. The van der Waals surface area contributed by atoms with Gasteiger partial charge in [-0.05, 0) is 40.4 Å². The van der Waals surface area contributed by atoms with Crippen LogP contribution in [0.1, 0.15) is 30.9 Å². The summed E-state index contributed by atoms with van der Waals surface area (Å²) in [5, 5.41) is 0. The second kappa shape index (κ2) is 4.07. The summed E-state index contributed by atoms with van der Waals surface area (Å²) < 4.78 is 0.928. The summed E-state index contributed by atoms with van der Waals surface area (Å²) in [7, 11) is 0. The van der Waals surface area contributed by atoms with E-state index in [1.54, 1.807) is 6.20 Å². The molecule has 3 rings (SSSR count). The minimum atomic E-state index is -0.112. The Morgan fingerprint density at radius 3 is 2.82 bits per heavy atom. The lowest BCUT2D eigenvalue weighted by Gasteiger charge is -2.27. The molecular weight excluding hydrogens is 282 g/mol. The van der Waals surface area contributed by atoms with E-state index >= 15 is 0 Å². The molecule has 0 radical (unpaired) electrons. The molecule has 2 fully saturated rings. The first kappa shape index (κ1) is 11.2. The van der Waals surface area contributed by atoms with Crippen molar-refractivity contribution in [3.63, 3.8) is 0 Å². The number of carbonyl (C=O) groups excluding carboxylic acids is 1. The molecule has 0 bridgehead atoms. The molecule has 5 heteroatoms. The van der Waals surface area contributed by atoms with E-state index in [1.165, 1.54) is 0 Å². The number of rotatable bonds is 2. The molecule has 2 aliphatic rings. The van der Waals surface area contributed by atoms with Gasteiger partial charge in [-0.2, -0.15) is 0 Å². The highest BCUT2D eigenvalue weighted by Crippen LogP contribution is 2.41. The van der Waals surface area contributed by atoms with Crippen LogP contribution < -0.4 is 5.73 Å². The molecule has 1 aliphatic heterocycles. The van der Waals surface area contributed by atoms with Gasteiger partial charge in [-0.25, -0.2) is 0 Å². The van der Waals surface area contributed by atoms with Gasteiger partial charge in [0.1, 0.15) is 0 Å². The fourth-order valence-electron chi connectivity index (χ4n) is 2.56. The van der Waals surface area contributed by atoms with Crippen molar-refractivity contribution >= 4 is 21.8 Å². The van der Waals surface area contributed by atoms with Crippen molar-refractivity contribution in [2.45, 2.75) is 37.4 Å². The number of likely N-dealkylation sites (tertiary alicyclic amines) is 1. The zero-order chi connectivity index (χ0) is 12.0.